The number of amides is 1. The minimum Gasteiger partial charge on any atom is -0.481 e. The summed E-state index contributed by atoms with van der Waals surface area (Å²) in [5, 5.41) is 5.09. The van der Waals surface area contributed by atoms with Gasteiger partial charge in [-0.3, -0.25) is 10.1 Å². The molecule has 4 nitrogen and oxygen atoms in total. The largest absolute Gasteiger partial charge is 0.481 e. The van der Waals surface area contributed by atoms with Gasteiger partial charge in [-0.15, -0.1) is 11.3 Å². The van der Waals surface area contributed by atoms with Crippen LogP contribution in [0.15, 0.2) is 60.0 Å². The van der Waals surface area contributed by atoms with Crippen molar-refractivity contribution < 1.29 is 13.9 Å². The highest BCUT2D eigenvalue weighted by atomic mass is 32.1. The van der Waals surface area contributed by atoms with Crippen LogP contribution in [-0.4, -0.2) is 17.0 Å². The molecule has 3 rings (SSSR count). The van der Waals surface area contributed by atoms with Crippen molar-refractivity contribution >= 4 is 22.4 Å². The Bertz CT molecular complexity index is 834. The van der Waals surface area contributed by atoms with Crippen molar-refractivity contribution in [3.8, 4) is 17.0 Å². The Labute approximate surface area is 149 Å². The second-order valence-electron chi connectivity index (χ2n) is 5.36. The van der Waals surface area contributed by atoms with E-state index in [-0.39, 0.29) is 11.7 Å². The zero-order chi connectivity index (χ0) is 17.6. The molecule has 25 heavy (non-hydrogen) atoms. The normalized spacial score (nSPS) is 11.8. The summed E-state index contributed by atoms with van der Waals surface area (Å²) in [6.45, 7) is 1.89. The molecule has 0 aliphatic rings. The van der Waals surface area contributed by atoms with Crippen molar-refractivity contribution in [1.29, 1.82) is 0 Å². The number of aromatic nitrogens is 1. The van der Waals surface area contributed by atoms with Gasteiger partial charge in [0.1, 0.15) is 11.6 Å². The van der Waals surface area contributed by atoms with Gasteiger partial charge in [-0.25, -0.2) is 9.37 Å². The fourth-order valence-electron chi connectivity index (χ4n) is 2.26. The fraction of sp³-hybridized carbons (Fsp3) is 0.158. The van der Waals surface area contributed by atoms with E-state index in [0.29, 0.717) is 23.0 Å². The number of hydrogen-bond donors (Lipinski definition) is 1. The van der Waals surface area contributed by atoms with Gasteiger partial charge < -0.3 is 4.74 Å². The molecular weight excluding hydrogens is 339 g/mol. The van der Waals surface area contributed by atoms with Crippen LogP contribution in [0.1, 0.15) is 13.3 Å². The molecule has 0 aliphatic carbocycles. The monoisotopic (exact) mass is 356 g/mol. The third-order valence-electron chi connectivity index (χ3n) is 3.56. The van der Waals surface area contributed by atoms with E-state index in [1.165, 1.54) is 23.5 Å². The Hall–Kier alpha value is -2.73. The van der Waals surface area contributed by atoms with Gasteiger partial charge in [0.25, 0.3) is 5.91 Å². The average Bonchev–Trinajstić information content (AvgIpc) is 3.09. The number of anilines is 1. The lowest BCUT2D eigenvalue weighted by atomic mass is 10.2. The molecule has 0 saturated heterocycles. The minimum absolute atomic E-state index is 0.244. The van der Waals surface area contributed by atoms with E-state index < -0.39 is 6.10 Å². The SMILES string of the molecule is CCC(Oc1ccccc1)C(=O)Nc1nc(-c2ccc(F)cc2)cs1. The van der Waals surface area contributed by atoms with Crippen molar-refractivity contribution in [1.82, 2.24) is 4.98 Å². The molecule has 1 aromatic heterocycles. The van der Waals surface area contributed by atoms with Gasteiger partial charge in [-0.1, -0.05) is 25.1 Å². The number of nitrogens with zero attached hydrogens (tertiary/aromatic N) is 1. The lowest BCUT2D eigenvalue weighted by molar-refractivity contribution is -0.122. The molecule has 0 fully saturated rings. The zero-order valence-corrected chi connectivity index (χ0v) is 14.4. The van der Waals surface area contributed by atoms with Gasteiger partial charge in [0, 0.05) is 10.9 Å². The first-order valence-electron chi connectivity index (χ1n) is 7.89. The van der Waals surface area contributed by atoms with Crippen LogP contribution in [0.25, 0.3) is 11.3 Å². The van der Waals surface area contributed by atoms with Crippen molar-refractivity contribution in [2.45, 2.75) is 19.4 Å². The molecule has 6 heteroatoms. The number of hydrogen-bond acceptors (Lipinski definition) is 4. The first-order valence-corrected chi connectivity index (χ1v) is 8.77. The molecule has 1 unspecified atom stereocenters. The first kappa shape index (κ1) is 17.1. The van der Waals surface area contributed by atoms with E-state index in [9.17, 15) is 9.18 Å². The predicted molar refractivity (Wildman–Crippen MR) is 97.3 cm³/mol. The van der Waals surface area contributed by atoms with Gasteiger partial charge in [0.2, 0.25) is 0 Å². The number of rotatable bonds is 6. The summed E-state index contributed by atoms with van der Waals surface area (Å²) in [6, 6.07) is 15.3. The van der Waals surface area contributed by atoms with Crippen molar-refractivity contribution in [3.63, 3.8) is 0 Å². The van der Waals surface area contributed by atoms with Gasteiger partial charge in [0.15, 0.2) is 11.2 Å². The molecule has 0 radical (unpaired) electrons. The fourth-order valence-corrected chi connectivity index (χ4v) is 2.98. The molecule has 0 saturated carbocycles. The summed E-state index contributed by atoms with van der Waals surface area (Å²) >= 11 is 1.32. The number of carbonyl (C=O) groups excluding carboxylic acids is 1. The maximum Gasteiger partial charge on any atom is 0.267 e. The number of halogens is 1. The van der Waals surface area contributed by atoms with Crippen LogP contribution in [0.2, 0.25) is 0 Å². The van der Waals surface area contributed by atoms with Crippen molar-refractivity contribution in [2.24, 2.45) is 0 Å². The van der Waals surface area contributed by atoms with Crippen LogP contribution < -0.4 is 10.1 Å². The lowest BCUT2D eigenvalue weighted by Crippen LogP contribution is -2.32. The molecule has 0 spiro atoms. The Kier molecular flexibility index (Phi) is 5.40. The van der Waals surface area contributed by atoms with E-state index in [1.807, 2.05) is 42.6 Å². The molecule has 1 N–H and O–H groups in total. The van der Waals surface area contributed by atoms with Crippen molar-refractivity contribution in [3.05, 3.63) is 65.8 Å². The maximum atomic E-state index is 13.0. The Morgan fingerprint density at radius 1 is 1.20 bits per heavy atom. The number of nitrogens with one attached hydrogen (secondary N) is 1. The predicted octanol–water partition coefficient (Wildman–Crippen LogP) is 4.75. The van der Waals surface area contributed by atoms with Crippen molar-refractivity contribution in [2.75, 3.05) is 5.32 Å². The van der Waals surface area contributed by atoms with Crippen LogP contribution in [-0.2, 0) is 4.79 Å². The number of ether oxygens (including phenoxy) is 1. The van der Waals surface area contributed by atoms with Crippen LogP contribution >= 0.6 is 11.3 Å². The third kappa shape index (κ3) is 4.42. The lowest BCUT2D eigenvalue weighted by Gasteiger charge is -2.16. The molecule has 0 aliphatic heterocycles. The molecule has 0 bridgehead atoms. The number of para-hydroxylation sites is 1. The van der Waals surface area contributed by atoms with Gasteiger partial charge in [0.05, 0.1) is 5.69 Å². The molecule has 3 aromatic rings. The van der Waals surface area contributed by atoms with E-state index >= 15 is 0 Å². The third-order valence-corrected chi connectivity index (χ3v) is 4.32. The minimum atomic E-state index is -0.597. The highest BCUT2D eigenvalue weighted by Gasteiger charge is 2.19. The quantitative estimate of drug-likeness (QED) is 0.694. The summed E-state index contributed by atoms with van der Waals surface area (Å²) in [5.74, 6) is 0.110. The highest BCUT2D eigenvalue weighted by molar-refractivity contribution is 7.14. The van der Waals surface area contributed by atoms with Gasteiger partial charge in [-0.05, 0) is 42.8 Å². The molecule has 1 atom stereocenters. The van der Waals surface area contributed by atoms with Gasteiger partial charge >= 0.3 is 0 Å². The van der Waals surface area contributed by atoms with Crippen LogP contribution in [0.3, 0.4) is 0 Å². The van der Waals surface area contributed by atoms with E-state index in [1.54, 1.807) is 12.1 Å². The molecule has 128 valence electrons. The highest BCUT2D eigenvalue weighted by Crippen LogP contribution is 2.25. The Balaban J connectivity index is 1.67. The standard InChI is InChI=1S/C19H17FN2O2S/c1-2-17(24-15-6-4-3-5-7-15)18(23)22-19-21-16(12-25-19)13-8-10-14(20)11-9-13/h3-12,17H,2H2,1H3,(H,21,22,23). The number of carbonyl (C=O) groups is 1. The average molecular weight is 356 g/mol. The summed E-state index contributed by atoms with van der Waals surface area (Å²) in [7, 11) is 0. The summed E-state index contributed by atoms with van der Waals surface area (Å²) in [5.41, 5.74) is 1.49. The van der Waals surface area contributed by atoms with Crippen LogP contribution in [0, 0.1) is 5.82 Å². The smallest absolute Gasteiger partial charge is 0.267 e. The van der Waals surface area contributed by atoms with E-state index in [2.05, 4.69) is 10.3 Å². The molecule has 2 aromatic carbocycles. The summed E-state index contributed by atoms with van der Waals surface area (Å²) in [4.78, 5) is 16.8. The zero-order valence-electron chi connectivity index (χ0n) is 13.6. The maximum absolute atomic E-state index is 13.0. The number of benzene rings is 2. The first-order chi connectivity index (χ1) is 12.2. The second kappa shape index (κ2) is 7.90. The molecular formula is C19H17FN2O2S. The Morgan fingerprint density at radius 3 is 2.60 bits per heavy atom. The second-order valence-corrected chi connectivity index (χ2v) is 6.22. The van der Waals surface area contributed by atoms with Crippen LogP contribution in [0.5, 0.6) is 5.75 Å². The summed E-state index contributed by atoms with van der Waals surface area (Å²) in [6.07, 6.45) is -0.0581. The Morgan fingerprint density at radius 2 is 1.92 bits per heavy atom. The van der Waals surface area contributed by atoms with Gasteiger partial charge in [-0.2, -0.15) is 0 Å². The number of thiazole rings is 1. The molecule has 1 amide bonds. The molecule has 1 heterocycles. The van der Waals surface area contributed by atoms with Crippen LogP contribution in [0.4, 0.5) is 9.52 Å². The summed E-state index contributed by atoms with van der Waals surface area (Å²) < 4.78 is 18.7. The van der Waals surface area contributed by atoms with E-state index in [4.69, 9.17) is 4.74 Å². The van der Waals surface area contributed by atoms with E-state index in [0.717, 1.165) is 5.56 Å². The topological polar surface area (TPSA) is 51.2 Å².